The molecule has 0 radical (unpaired) electrons. The Kier molecular flexibility index (Phi) is 25.4. The molecule has 0 aromatic heterocycles. The summed E-state index contributed by atoms with van der Waals surface area (Å²) in [5.41, 5.74) is 0. The Bertz CT molecular complexity index is 338. The third kappa shape index (κ3) is 22.4. The first kappa shape index (κ1) is 33.2. The number of ether oxygens (including phenoxy) is 3. The van der Waals surface area contributed by atoms with Gasteiger partial charge >= 0.3 is 14.6 Å². The fourth-order valence-electron chi connectivity index (χ4n) is 3.72. The minimum Gasteiger partial charge on any atom is -0.328 e. The van der Waals surface area contributed by atoms with Crippen molar-refractivity contribution >= 4 is 8.60 Å². The van der Waals surface area contributed by atoms with Crippen molar-refractivity contribution in [1.82, 2.24) is 0 Å². The maximum Gasteiger partial charge on any atom is 0.327 e. The molecule has 0 bridgehead atoms. The Morgan fingerprint density at radius 3 is 1.09 bits per heavy atom. The van der Waals surface area contributed by atoms with Crippen molar-refractivity contribution in [1.29, 1.82) is 0 Å². The molecule has 0 aromatic rings. The summed E-state index contributed by atoms with van der Waals surface area (Å²) in [6.45, 7) is 8.06. The Labute approximate surface area is 206 Å². The van der Waals surface area contributed by atoms with Gasteiger partial charge in [0, 0.05) is 0 Å². The number of rotatable bonds is 27. The average Bonchev–Trinajstić information content (AvgIpc) is 2.81. The summed E-state index contributed by atoms with van der Waals surface area (Å²) in [4.78, 5) is 18.6. The monoisotopic (exact) mass is 494 g/mol. The highest BCUT2D eigenvalue weighted by atomic mass is 31.2. The van der Waals surface area contributed by atoms with Crippen LogP contribution in [0.3, 0.4) is 0 Å². The van der Waals surface area contributed by atoms with Gasteiger partial charge in [-0.2, -0.15) is 0 Å². The fraction of sp³-hybridized carbons (Fsp3) is 1.00. The summed E-state index contributed by atoms with van der Waals surface area (Å²) in [6, 6.07) is 0. The molecule has 0 spiro atoms. The first-order chi connectivity index (χ1) is 16.1. The highest BCUT2D eigenvalue weighted by molar-refractivity contribution is 7.39. The second-order valence-corrected chi connectivity index (χ2v) is 9.82. The van der Waals surface area contributed by atoms with Crippen molar-refractivity contribution in [3.8, 4) is 0 Å². The van der Waals surface area contributed by atoms with E-state index in [1.165, 1.54) is 77.0 Å². The van der Waals surface area contributed by atoms with Crippen molar-refractivity contribution in [2.75, 3.05) is 26.4 Å². The predicted octanol–water partition coefficient (Wildman–Crippen LogP) is 8.00. The predicted molar refractivity (Wildman–Crippen MR) is 138 cm³/mol. The third-order valence-electron chi connectivity index (χ3n) is 5.82. The van der Waals surface area contributed by atoms with E-state index in [1.807, 2.05) is 0 Å². The molecule has 0 saturated heterocycles. The molecule has 0 aliphatic rings. The van der Waals surface area contributed by atoms with E-state index < -0.39 is 14.6 Å². The number of unbranched alkanes of at least 4 members (excludes halogenated alkanes) is 15. The van der Waals surface area contributed by atoms with Crippen LogP contribution >= 0.6 is 8.60 Å². The lowest BCUT2D eigenvalue weighted by Gasteiger charge is -2.33. The summed E-state index contributed by atoms with van der Waals surface area (Å²) in [6.07, 6.45) is 21.0. The minimum atomic E-state index is -2.49. The van der Waals surface area contributed by atoms with E-state index in [-0.39, 0.29) is 6.61 Å². The Morgan fingerprint density at radius 2 is 0.788 bits per heavy atom. The number of hydrogen-bond acceptors (Lipinski definition) is 6. The molecule has 0 aromatic carbocycles. The Hall–Kier alpha value is 0.190. The lowest BCUT2D eigenvalue weighted by Crippen LogP contribution is -2.44. The van der Waals surface area contributed by atoms with Gasteiger partial charge in [0.15, 0.2) is 0 Å². The first-order valence-electron chi connectivity index (χ1n) is 13.8. The first-order valence-corrected chi connectivity index (χ1v) is 15.0. The van der Waals surface area contributed by atoms with Crippen LogP contribution in [0.5, 0.6) is 0 Å². The third-order valence-corrected chi connectivity index (χ3v) is 6.18. The van der Waals surface area contributed by atoms with Crippen LogP contribution in [0.15, 0.2) is 0 Å². The topological polar surface area (TPSA) is 77.4 Å². The van der Waals surface area contributed by atoms with Crippen LogP contribution in [-0.4, -0.2) is 42.2 Å². The second kappa shape index (κ2) is 25.3. The molecule has 0 aliphatic heterocycles. The largest absolute Gasteiger partial charge is 0.328 e. The zero-order chi connectivity index (χ0) is 24.5. The van der Waals surface area contributed by atoms with E-state index in [0.29, 0.717) is 19.8 Å². The van der Waals surface area contributed by atoms with Crippen molar-refractivity contribution in [3.05, 3.63) is 0 Å². The molecule has 0 unspecified atom stereocenters. The van der Waals surface area contributed by atoms with Crippen LogP contribution in [0.2, 0.25) is 0 Å². The second-order valence-electron chi connectivity index (χ2n) is 9.06. The lowest BCUT2D eigenvalue weighted by atomic mass is 10.1. The molecule has 0 rings (SSSR count). The quantitative estimate of drug-likeness (QED) is 0.0684. The van der Waals surface area contributed by atoms with Gasteiger partial charge in [0.05, 0.1) is 19.8 Å². The Morgan fingerprint density at radius 1 is 0.485 bits per heavy atom. The molecule has 0 heterocycles. The van der Waals surface area contributed by atoms with Gasteiger partial charge in [-0.1, -0.05) is 117 Å². The molecule has 0 amide bonds. The molecule has 6 nitrogen and oxygen atoms in total. The average molecular weight is 495 g/mol. The van der Waals surface area contributed by atoms with Crippen LogP contribution in [0, 0.1) is 0 Å². The molecular weight excluding hydrogens is 439 g/mol. The summed E-state index contributed by atoms with van der Waals surface area (Å²) in [7, 11) is -2.49. The van der Waals surface area contributed by atoms with E-state index in [4.69, 9.17) is 18.7 Å². The van der Waals surface area contributed by atoms with Crippen LogP contribution in [0.25, 0.3) is 0 Å². The van der Waals surface area contributed by atoms with Crippen LogP contribution in [0.1, 0.15) is 136 Å². The lowest BCUT2D eigenvalue weighted by molar-refractivity contribution is -0.389. The molecule has 2 N–H and O–H groups in total. The van der Waals surface area contributed by atoms with Gasteiger partial charge in [-0.3, -0.25) is 0 Å². The SMILES string of the molecule is CCCCCCCCOC(COP(O)O)(OCCCCCCCC)OCCCCCCCC. The van der Waals surface area contributed by atoms with Gasteiger partial charge in [-0.05, 0) is 19.3 Å². The normalized spacial score (nSPS) is 12.2. The maximum atomic E-state index is 9.32. The highest BCUT2D eigenvalue weighted by Crippen LogP contribution is 2.29. The van der Waals surface area contributed by atoms with E-state index >= 15 is 0 Å². The van der Waals surface area contributed by atoms with Crippen LogP contribution < -0.4 is 0 Å². The van der Waals surface area contributed by atoms with Crippen molar-refractivity contribution in [3.63, 3.8) is 0 Å². The molecule has 0 fully saturated rings. The molecule has 0 aliphatic carbocycles. The molecule has 7 heteroatoms. The van der Waals surface area contributed by atoms with Gasteiger partial charge in [0.2, 0.25) is 0 Å². The molecule has 200 valence electrons. The molecular formula is C26H55O6P. The number of hydrogen-bond donors (Lipinski definition) is 2. The van der Waals surface area contributed by atoms with Crippen LogP contribution in [0.4, 0.5) is 0 Å². The van der Waals surface area contributed by atoms with E-state index in [9.17, 15) is 9.79 Å². The van der Waals surface area contributed by atoms with Gasteiger partial charge < -0.3 is 28.5 Å². The molecule has 0 saturated carbocycles. The van der Waals surface area contributed by atoms with Gasteiger partial charge in [0.1, 0.15) is 6.61 Å². The highest BCUT2D eigenvalue weighted by Gasteiger charge is 2.35. The molecule has 0 atom stereocenters. The zero-order valence-electron chi connectivity index (χ0n) is 22.0. The summed E-state index contributed by atoms with van der Waals surface area (Å²) >= 11 is 0. The molecule has 33 heavy (non-hydrogen) atoms. The van der Waals surface area contributed by atoms with Crippen molar-refractivity contribution in [2.24, 2.45) is 0 Å². The fourth-order valence-corrected chi connectivity index (χ4v) is 3.99. The van der Waals surface area contributed by atoms with Gasteiger partial charge in [0.25, 0.3) is 0 Å². The van der Waals surface area contributed by atoms with Gasteiger partial charge in [-0.15, -0.1) is 0 Å². The smallest absolute Gasteiger partial charge is 0.327 e. The Balaban J connectivity index is 4.65. The van der Waals surface area contributed by atoms with Crippen LogP contribution in [-0.2, 0) is 18.7 Å². The van der Waals surface area contributed by atoms with Crippen molar-refractivity contribution < 1.29 is 28.5 Å². The van der Waals surface area contributed by atoms with E-state index in [0.717, 1.165) is 38.5 Å². The zero-order valence-corrected chi connectivity index (χ0v) is 22.9. The summed E-state index contributed by atoms with van der Waals surface area (Å²) in [5.74, 6) is -1.36. The summed E-state index contributed by atoms with van der Waals surface area (Å²) < 4.78 is 23.4. The standard InChI is InChI=1S/C26H55O6P/c1-4-7-10-13-16-19-22-29-26(25-32-33(27)28,30-23-20-17-14-11-8-5-2)31-24-21-18-15-12-9-6-3/h27-28H,4-25H2,1-3H3. The minimum absolute atomic E-state index is 0.132. The van der Waals surface area contributed by atoms with Crippen molar-refractivity contribution in [2.45, 2.75) is 142 Å². The summed E-state index contributed by atoms with van der Waals surface area (Å²) in [5, 5.41) is 0. The van der Waals surface area contributed by atoms with E-state index in [1.54, 1.807) is 0 Å². The van der Waals surface area contributed by atoms with E-state index in [2.05, 4.69) is 20.8 Å². The van der Waals surface area contributed by atoms with Gasteiger partial charge in [-0.25, -0.2) is 0 Å². The maximum absolute atomic E-state index is 9.32.